The molecule has 90 valence electrons. The molecule has 16 heavy (non-hydrogen) atoms. The van der Waals surface area contributed by atoms with E-state index in [4.69, 9.17) is 4.42 Å². The molecule has 1 aromatic heterocycles. The van der Waals surface area contributed by atoms with Crippen molar-refractivity contribution in [1.82, 2.24) is 10.2 Å². The largest absolute Gasteiger partial charge is 0.469 e. The summed E-state index contributed by atoms with van der Waals surface area (Å²) in [6.45, 7) is 3.57. The second-order valence-electron chi connectivity index (χ2n) is 4.71. The standard InChI is InChI=1S/C13H22N2O/c1-15-9-6-12(7-10-15)14-8-2-4-13-5-3-11-16-13/h3,5,11-12,14H,2,4,6-10H2,1H3. The number of furan rings is 1. The van der Waals surface area contributed by atoms with Crippen LogP contribution in [0.2, 0.25) is 0 Å². The Morgan fingerprint density at radius 3 is 2.94 bits per heavy atom. The highest BCUT2D eigenvalue weighted by Crippen LogP contribution is 2.08. The minimum atomic E-state index is 0.729. The highest BCUT2D eigenvalue weighted by atomic mass is 16.3. The monoisotopic (exact) mass is 222 g/mol. The van der Waals surface area contributed by atoms with Crippen LogP contribution < -0.4 is 5.32 Å². The summed E-state index contributed by atoms with van der Waals surface area (Å²) in [7, 11) is 2.20. The van der Waals surface area contributed by atoms with E-state index in [1.54, 1.807) is 6.26 Å². The number of aryl methyl sites for hydroxylation is 1. The average molecular weight is 222 g/mol. The zero-order valence-electron chi connectivity index (χ0n) is 10.1. The second kappa shape index (κ2) is 6.06. The molecule has 0 spiro atoms. The molecule has 1 fully saturated rings. The summed E-state index contributed by atoms with van der Waals surface area (Å²) in [5.41, 5.74) is 0. The lowest BCUT2D eigenvalue weighted by molar-refractivity contribution is 0.234. The topological polar surface area (TPSA) is 28.4 Å². The molecule has 1 aromatic rings. The SMILES string of the molecule is CN1CCC(NCCCc2ccco2)CC1. The van der Waals surface area contributed by atoms with Gasteiger partial charge in [-0.1, -0.05) is 0 Å². The molecule has 0 saturated carbocycles. The minimum absolute atomic E-state index is 0.729. The van der Waals surface area contributed by atoms with Crippen molar-refractivity contribution in [2.45, 2.75) is 31.7 Å². The quantitative estimate of drug-likeness (QED) is 0.771. The molecular weight excluding hydrogens is 200 g/mol. The molecule has 0 aliphatic carbocycles. The van der Waals surface area contributed by atoms with Crippen molar-refractivity contribution < 1.29 is 4.42 Å². The summed E-state index contributed by atoms with van der Waals surface area (Å²) in [4.78, 5) is 2.40. The van der Waals surface area contributed by atoms with Gasteiger partial charge in [0.05, 0.1) is 6.26 Å². The van der Waals surface area contributed by atoms with Gasteiger partial charge in [0.1, 0.15) is 5.76 Å². The van der Waals surface area contributed by atoms with Crippen LogP contribution in [0.1, 0.15) is 25.0 Å². The Hall–Kier alpha value is -0.800. The van der Waals surface area contributed by atoms with Crippen LogP contribution in [0.15, 0.2) is 22.8 Å². The summed E-state index contributed by atoms with van der Waals surface area (Å²) in [6.07, 6.45) is 6.54. The molecule has 1 N–H and O–H groups in total. The van der Waals surface area contributed by atoms with Crippen LogP contribution in [-0.2, 0) is 6.42 Å². The summed E-state index contributed by atoms with van der Waals surface area (Å²) >= 11 is 0. The number of piperidine rings is 1. The number of rotatable bonds is 5. The molecule has 0 unspecified atom stereocenters. The molecule has 0 aromatic carbocycles. The molecule has 0 radical (unpaired) electrons. The van der Waals surface area contributed by atoms with Gasteiger partial charge in [-0.25, -0.2) is 0 Å². The number of hydrogen-bond donors (Lipinski definition) is 1. The minimum Gasteiger partial charge on any atom is -0.469 e. The Kier molecular flexibility index (Phi) is 4.43. The maximum atomic E-state index is 5.31. The highest BCUT2D eigenvalue weighted by molar-refractivity contribution is 4.97. The van der Waals surface area contributed by atoms with Gasteiger partial charge < -0.3 is 14.6 Å². The van der Waals surface area contributed by atoms with Crippen molar-refractivity contribution in [3.05, 3.63) is 24.2 Å². The van der Waals surface area contributed by atoms with Gasteiger partial charge in [-0.3, -0.25) is 0 Å². The lowest BCUT2D eigenvalue weighted by atomic mass is 10.1. The van der Waals surface area contributed by atoms with Crippen LogP contribution in [-0.4, -0.2) is 37.6 Å². The van der Waals surface area contributed by atoms with Crippen LogP contribution >= 0.6 is 0 Å². The molecule has 2 heterocycles. The summed E-state index contributed by atoms with van der Waals surface area (Å²) < 4.78 is 5.31. The number of hydrogen-bond acceptors (Lipinski definition) is 3. The summed E-state index contributed by atoms with van der Waals surface area (Å²) in [6, 6.07) is 4.74. The van der Waals surface area contributed by atoms with Crippen molar-refractivity contribution in [2.75, 3.05) is 26.7 Å². The number of nitrogens with one attached hydrogen (secondary N) is 1. The van der Waals surface area contributed by atoms with Crippen LogP contribution in [0.5, 0.6) is 0 Å². The van der Waals surface area contributed by atoms with Crippen molar-refractivity contribution in [3.8, 4) is 0 Å². The molecule has 3 nitrogen and oxygen atoms in total. The fourth-order valence-electron chi connectivity index (χ4n) is 2.24. The normalized spacial score (nSPS) is 19.1. The average Bonchev–Trinajstić information content (AvgIpc) is 2.80. The van der Waals surface area contributed by atoms with Crippen molar-refractivity contribution in [2.24, 2.45) is 0 Å². The molecular formula is C13H22N2O. The number of nitrogens with zero attached hydrogens (tertiary/aromatic N) is 1. The van der Waals surface area contributed by atoms with Crippen LogP contribution in [0.4, 0.5) is 0 Å². The molecule has 3 heteroatoms. The maximum Gasteiger partial charge on any atom is 0.103 e. The Labute approximate surface area is 97.8 Å². The molecule has 2 rings (SSSR count). The van der Waals surface area contributed by atoms with Crippen molar-refractivity contribution >= 4 is 0 Å². The Morgan fingerprint density at radius 1 is 1.44 bits per heavy atom. The zero-order chi connectivity index (χ0) is 11.2. The summed E-state index contributed by atoms with van der Waals surface area (Å²) in [5.74, 6) is 1.10. The highest BCUT2D eigenvalue weighted by Gasteiger charge is 2.15. The molecule has 0 bridgehead atoms. The van der Waals surface area contributed by atoms with Crippen LogP contribution in [0.3, 0.4) is 0 Å². The Bertz CT molecular complexity index is 276. The smallest absolute Gasteiger partial charge is 0.103 e. The van der Waals surface area contributed by atoms with E-state index in [1.807, 2.05) is 6.07 Å². The van der Waals surface area contributed by atoms with E-state index in [-0.39, 0.29) is 0 Å². The molecule has 1 saturated heterocycles. The van der Waals surface area contributed by atoms with E-state index in [0.29, 0.717) is 0 Å². The van der Waals surface area contributed by atoms with Crippen molar-refractivity contribution in [1.29, 1.82) is 0 Å². The third kappa shape index (κ3) is 3.65. The van der Waals surface area contributed by atoms with Crippen LogP contribution in [0, 0.1) is 0 Å². The van der Waals surface area contributed by atoms with E-state index in [2.05, 4.69) is 23.3 Å². The summed E-state index contributed by atoms with van der Waals surface area (Å²) in [5, 5.41) is 3.64. The van der Waals surface area contributed by atoms with E-state index in [9.17, 15) is 0 Å². The van der Waals surface area contributed by atoms with Gasteiger partial charge in [0.15, 0.2) is 0 Å². The fraction of sp³-hybridized carbons (Fsp3) is 0.692. The van der Waals surface area contributed by atoms with Crippen molar-refractivity contribution in [3.63, 3.8) is 0 Å². The predicted octanol–water partition coefficient (Wildman–Crippen LogP) is 1.90. The van der Waals surface area contributed by atoms with Gasteiger partial charge in [-0.05, 0) is 58.1 Å². The van der Waals surface area contributed by atoms with E-state index >= 15 is 0 Å². The van der Waals surface area contributed by atoms with Crippen LogP contribution in [0.25, 0.3) is 0 Å². The van der Waals surface area contributed by atoms with Gasteiger partial charge in [0.2, 0.25) is 0 Å². The maximum absolute atomic E-state index is 5.31. The van der Waals surface area contributed by atoms with Gasteiger partial charge in [0.25, 0.3) is 0 Å². The van der Waals surface area contributed by atoms with Gasteiger partial charge in [-0.2, -0.15) is 0 Å². The zero-order valence-corrected chi connectivity index (χ0v) is 10.1. The molecule has 0 amide bonds. The second-order valence-corrected chi connectivity index (χ2v) is 4.71. The first kappa shape index (κ1) is 11.7. The first-order chi connectivity index (χ1) is 7.84. The first-order valence-electron chi connectivity index (χ1n) is 6.29. The lowest BCUT2D eigenvalue weighted by Gasteiger charge is -2.29. The van der Waals surface area contributed by atoms with E-state index in [0.717, 1.165) is 24.8 Å². The first-order valence-corrected chi connectivity index (χ1v) is 6.29. The van der Waals surface area contributed by atoms with Gasteiger partial charge in [-0.15, -0.1) is 0 Å². The molecule has 0 atom stereocenters. The third-order valence-corrected chi connectivity index (χ3v) is 3.33. The molecule has 1 aliphatic rings. The van der Waals surface area contributed by atoms with E-state index < -0.39 is 0 Å². The van der Waals surface area contributed by atoms with E-state index in [1.165, 1.54) is 32.4 Å². The third-order valence-electron chi connectivity index (χ3n) is 3.33. The lowest BCUT2D eigenvalue weighted by Crippen LogP contribution is -2.41. The predicted molar refractivity (Wildman–Crippen MR) is 65.6 cm³/mol. The van der Waals surface area contributed by atoms with Gasteiger partial charge in [0, 0.05) is 12.5 Å². The molecule has 1 aliphatic heterocycles. The Balaban J connectivity index is 1.55. The fourth-order valence-corrected chi connectivity index (χ4v) is 2.24. The number of likely N-dealkylation sites (tertiary alicyclic amines) is 1. The Morgan fingerprint density at radius 2 is 2.25 bits per heavy atom. The van der Waals surface area contributed by atoms with Gasteiger partial charge >= 0.3 is 0 Å².